The highest BCUT2D eigenvalue weighted by Gasteiger charge is 2.40. The zero-order valence-electron chi connectivity index (χ0n) is 21.8. The van der Waals surface area contributed by atoms with Gasteiger partial charge in [-0.1, -0.05) is 58.0 Å². The number of benzene rings is 2. The molecule has 200 valence electrons. The number of carbonyl (C=O) groups excluding carboxylic acids is 3. The van der Waals surface area contributed by atoms with Crippen molar-refractivity contribution >= 4 is 46.1 Å². The van der Waals surface area contributed by atoms with Crippen LogP contribution in [0.1, 0.15) is 33.3 Å². The van der Waals surface area contributed by atoms with E-state index in [1.807, 2.05) is 38.1 Å². The largest absolute Gasteiger partial charge is 0.480 e. The first-order chi connectivity index (χ1) is 18.1. The van der Waals surface area contributed by atoms with Crippen molar-refractivity contribution in [2.45, 2.75) is 52.2 Å². The van der Waals surface area contributed by atoms with E-state index >= 15 is 0 Å². The van der Waals surface area contributed by atoms with E-state index in [-0.39, 0.29) is 24.2 Å². The number of hydrogen-bond donors (Lipinski definition) is 5. The number of nitrogens with zero attached hydrogens (tertiary/aromatic N) is 1. The lowest BCUT2D eigenvalue weighted by atomic mass is 9.97. The number of anilines is 2. The van der Waals surface area contributed by atoms with Gasteiger partial charge in [-0.2, -0.15) is 0 Å². The van der Waals surface area contributed by atoms with E-state index in [0.717, 1.165) is 16.5 Å². The van der Waals surface area contributed by atoms with E-state index in [2.05, 4.69) is 20.9 Å². The number of nitrogens with one attached hydrogen (secondary N) is 4. The molecular formula is C28H33N5O5. The fourth-order valence-electron chi connectivity index (χ4n) is 4.82. The molecule has 0 saturated heterocycles. The van der Waals surface area contributed by atoms with Crippen molar-refractivity contribution in [3.63, 3.8) is 0 Å². The summed E-state index contributed by atoms with van der Waals surface area (Å²) in [6, 6.07) is 10.9. The van der Waals surface area contributed by atoms with Crippen LogP contribution in [0, 0.1) is 11.8 Å². The minimum Gasteiger partial charge on any atom is -0.480 e. The third kappa shape index (κ3) is 5.34. The predicted octanol–water partition coefficient (Wildman–Crippen LogP) is 3.50. The maximum absolute atomic E-state index is 13.6. The number of amides is 4. The lowest BCUT2D eigenvalue weighted by Gasteiger charge is -2.39. The standard InChI is InChI=1S/C28H33N5O5/c1-15(2)23(25(34)31-21(27(36)37)13-17-14-29-19-10-6-5-9-18(17)19)32-28(38)33-22-12-8-7-11-20(22)30-26(35)24(33)16(3)4/h5-12,14-16,21,23-24,29H,13H2,1-4H3,(H,30,35)(H,31,34)(H,32,38)(H,36,37)/t21-,23+,24+/m0/s1. The Morgan fingerprint density at radius 2 is 1.68 bits per heavy atom. The van der Waals surface area contributed by atoms with E-state index in [0.29, 0.717) is 11.4 Å². The molecule has 4 amide bonds. The van der Waals surface area contributed by atoms with Crippen LogP contribution >= 0.6 is 0 Å². The Hall–Kier alpha value is -4.34. The molecular weight excluding hydrogens is 486 g/mol. The van der Waals surface area contributed by atoms with Gasteiger partial charge in [0.1, 0.15) is 18.1 Å². The summed E-state index contributed by atoms with van der Waals surface area (Å²) in [6.07, 6.45) is 1.80. The Balaban J connectivity index is 1.55. The fourth-order valence-corrected chi connectivity index (χ4v) is 4.82. The summed E-state index contributed by atoms with van der Waals surface area (Å²) in [5, 5.41) is 19.0. The van der Waals surface area contributed by atoms with Crippen molar-refractivity contribution in [1.29, 1.82) is 0 Å². The van der Waals surface area contributed by atoms with Gasteiger partial charge in [0.15, 0.2) is 0 Å². The smallest absolute Gasteiger partial charge is 0.326 e. The number of urea groups is 1. The topological polar surface area (TPSA) is 144 Å². The Morgan fingerprint density at radius 3 is 2.37 bits per heavy atom. The van der Waals surface area contributed by atoms with Gasteiger partial charge < -0.3 is 26.0 Å². The molecule has 0 spiro atoms. The summed E-state index contributed by atoms with van der Waals surface area (Å²) >= 11 is 0. The van der Waals surface area contributed by atoms with Gasteiger partial charge in [0.05, 0.1) is 11.4 Å². The van der Waals surface area contributed by atoms with Crippen molar-refractivity contribution in [2.75, 3.05) is 10.2 Å². The minimum absolute atomic E-state index is 0.0684. The van der Waals surface area contributed by atoms with E-state index in [9.17, 15) is 24.3 Å². The molecule has 10 heteroatoms. The maximum atomic E-state index is 13.6. The number of para-hydroxylation sites is 3. The van der Waals surface area contributed by atoms with Gasteiger partial charge in [-0.25, -0.2) is 9.59 Å². The quantitative estimate of drug-likeness (QED) is 0.309. The van der Waals surface area contributed by atoms with Crippen LogP contribution in [0.2, 0.25) is 0 Å². The van der Waals surface area contributed by atoms with Crippen LogP contribution in [0.15, 0.2) is 54.7 Å². The Morgan fingerprint density at radius 1 is 1.00 bits per heavy atom. The number of carboxylic acids is 1. The molecule has 3 atom stereocenters. The zero-order chi connectivity index (χ0) is 27.6. The van der Waals surface area contributed by atoms with Gasteiger partial charge in [0.2, 0.25) is 11.8 Å². The third-order valence-corrected chi connectivity index (χ3v) is 6.76. The second-order valence-corrected chi connectivity index (χ2v) is 10.2. The molecule has 10 nitrogen and oxygen atoms in total. The number of aromatic amines is 1. The number of carbonyl (C=O) groups is 4. The Labute approximate surface area is 220 Å². The first kappa shape index (κ1) is 26.7. The highest BCUT2D eigenvalue weighted by Crippen LogP contribution is 2.34. The second-order valence-electron chi connectivity index (χ2n) is 10.2. The summed E-state index contributed by atoms with van der Waals surface area (Å²) in [6.45, 7) is 7.20. The monoisotopic (exact) mass is 519 g/mol. The van der Waals surface area contributed by atoms with Crippen LogP contribution in [-0.2, 0) is 20.8 Å². The van der Waals surface area contributed by atoms with Gasteiger partial charge in [0.25, 0.3) is 0 Å². The van der Waals surface area contributed by atoms with E-state index in [1.165, 1.54) is 4.90 Å². The molecule has 0 radical (unpaired) electrons. The summed E-state index contributed by atoms with van der Waals surface area (Å²) in [5.41, 5.74) is 2.65. The average Bonchev–Trinajstić information content (AvgIpc) is 3.28. The normalized spacial score (nSPS) is 16.6. The molecule has 2 heterocycles. The SMILES string of the molecule is CC(C)[C@@H](NC(=O)N1c2ccccc2NC(=O)[C@H]1C(C)C)C(=O)N[C@@H](Cc1c[nH]c2ccccc12)C(=O)O. The van der Waals surface area contributed by atoms with Crippen LogP contribution in [-0.4, -0.2) is 52.0 Å². The highest BCUT2D eigenvalue weighted by molar-refractivity contribution is 6.12. The van der Waals surface area contributed by atoms with Crippen LogP contribution in [0.4, 0.5) is 16.2 Å². The zero-order valence-corrected chi connectivity index (χ0v) is 21.8. The summed E-state index contributed by atoms with van der Waals surface area (Å²) in [7, 11) is 0. The molecule has 0 aliphatic carbocycles. The van der Waals surface area contributed by atoms with E-state index in [4.69, 9.17) is 0 Å². The summed E-state index contributed by atoms with van der Waals surface area (Å²) < 4.78 is 0. The number of H-pyrrole nitrogens is 1. The van der Waals surface area contributed by atoms with Gasteiger partial charge in [-0.05, 0) is 35.6 Å². The molecule has 1 aromatic heterocycles. The summed E-state index contributed by atoms with van der Waals surface area (Å²) in [4.78, 5) is 56.4. The molecule has 1 aliphatic rings. The maximum Gasteiger partial charge on any atom is 0.326 e. The Kier molecular flexibility index (Phi) is 7.70. The number of rotatable bonds is 8. The molecule has 4 rings (SSSR count). The van der Waals surface area contributed by atoms with E-state index < -0.39 is 36.0 Å². The predicted molar refractivity (Wildman–Crippen MR) is 145 cm³/mol. The average molecular weight is 520 g/mol. The van der Waals surface area contributed by atoms with Crippen LogP contribution in [0.3, 0.4) is 0 Å². The molecule has 2 aromatic carbocycles. The lowest BCUT2D eigenvalue weighted by molar-refractivity contribution is -0.142. The number of aromatic nitrogens is 1. The molecule has 38 heavy (non-hydrogen) atoms. The van der Waals surface area contributed by atoms with Crippen molar-refractivity contribution in [2.24, 2.45) is 11.8 Å². The van der Waals surface area contributed by atoms with Crippen molar-refractivity contribution in [1.82, 2.24) is 15.6 Å². The van der Waals surface area contributed by atoms with Crippen molar-refractivity contribution in [3.8, 4) is 0 Å². The molecule has 0 unspecified atom stereocenters. The molecule has 0 fully saturated rings. The van der Waals surface area contributed by atoms with Gasteiger partial charge >= 0.3 is 12.0 Å². The van der Waals surface area contributed by atoms with E-state index in [1.54, 1.807) is 44.3 Å². The second kappa shape index (κ2) is 11.0. The number of aliphatic carboxylic acids is 1. The number of hydrogen-bond acceptors (Lipinski definition) is 4. The number of fused-ring (bicyclic) bond motifs is 2. The first-order valence-corrected chi connectivity index (χ1v) is 12.7. The lowest BCUT2D eigenvalue weighted by Crippen LogP contribution is -2.61. The summed E-state index contributed by atoms with van der Waals surface area (Å²) in [5.74, 6) is -2.67. The van der Waals surface area contributed by atoms with Crippen LogP contribution in [0.5, 0.6) is 0 Å². The highest BCUT2D eigenvalue weighted by atomic mass is 16.4. The third-order valence-electron chi connectivity index (χ3n) is 6.76. The molecule has 0 saturated carbocycles. The van der Waals surface area contributed by atoms with Crippen LogP contribution in [0.25, 0.3) is 10.9 Å². The molecule has 1 aliphatic heterocycles. The molecule has 0 bridgehead atoms. The van der Waals surface area contributed by atoms with Crippen LogP contribution < -0.4 is 20.9 Å². The van der Waals surface area contributed by atoms with Crippen molar-refractivity contribution < 1.29 is 24.3 Å². The van der Waals surface area contributed by atoms with Gasteiger partial charge in [-0.3, -0.25) is 14.5 Å². The van der Waals surface area contributed by atoms with Gasteiger partial charge in [0, 0.05) is 23.5 Å². The minimum atomic E-state index is -1.20. The Bertz CT molecular complexity index is 1360. The fraction of sp³-hybridized carbons (Fsp3) is 0.357. The number of carboxylic acid groups (broad SMARTS) is 1. The first-order valence-electron chi connectivity index (χ1n) is 12.7. The van der Waals surface area contributed by atoms with Gasteiger partial charge in [-0.15, -0.1) is 0 Å². The molecule has 3 aromatic rings. The molecule has 5 N–H and O–H groups in total. The van der Waals surface area contributed by atoms with Crippen molar-refractivity contribution in [3.05, 3.63) is 60.3 Å².